The molecule has 3 aromatic rings. The van der Waals surface area contributed by atoms with Crippen molar-refractivity contribution in [3.8, 4) is 5.75 Å². The van der Waals surface area contributed by atoms with Gasteiger partial charge in [-0.1, -0.05) is 23.7 Å². The van der Waals surface area contributed by atoms with Crippen LogP contribution in [0.2, 0.25) is 5.02 Å². The molecule has 0 aliphatic carbocycles. The largest absolute Gasteiger partial charge is 0.435 e. The lowest BCUT2D eigenvalue weighted by atomic mass is 10.2. The number of nitrogens with one attached hydrogen (secondary N) is 2. The molecule has 0 fully saturated rings. The molecule has 0 radical (unpaired) electrons. The molecule has 0 spiro atoms. The molecule has 0 heterocycles. The molecule has 0 saturated heterocycles. The summed E-state index contributed by atoms with van der Waals surface area (Å²) >= 11 is 5.97. The summed E-state index contributed by atoms with van der Waals surface area (Å²) in [6, 6.07) is 17.1. The van der Waals surface area contributed by atoms with Gasteiger partial charge in [-0.3, -0.25) is 9.52 Å². The minimum absolute atomic E-state index is 0.0384. The number of halogens is 3. The third-order valence-electron chi connectivity index (χ3n) is 3.88. The SMILES string of the molecule is O=C(Nc1ccc(OC(F)F)cc1)c1ccc(S(=O)(=O)Nc2ccccc2Cl)cc1. The Kier molecular flexibility index (Phi) is 6.53. The Morgan fingerprint density at radius 1 is 0.933 bits per heavy atom. The Morgan fingerprint density at radius 2 is 1.57 bits per heavy atom. The molecule has 156 valence electrons. The maximum atomic E-state index is 12.5. The monoisotopic (exact) mass is 452 g/mol. The molecular formula is C20H15ClF2N2O4S. The second-order valence-corrected chi connectivity index (χ2v) is 8.06. The van der Waals surface area contributed by atoms with E-state index in [-0.39, 0.29) is 26.9 Å². The summed E-state index contributed by atoms with van der Waals surface area (Å²) in [5.74, 6) is -0.538. The quantitative estimate of drug-likeness (QED) is 0.528. The van der Waals surface area contributed by atoms with Crippen LogP contribution in [0.15, 0.2) is 77.7 Å². The third-order valence-corrected chi connectivity index (χ3v) is 5.59. The van der Waals surface area contributed by atoms with E-state index in [1.165, 1.54) is 54.6 Å². The first-order valence-electron chi connectivity index (χ1n) is 8.48. The smallest absolute Gasteiger partial charge is 0.387 e. The lowest BCUT2D eigenvalue weighted by Crippen LogP contribution is -2.15. The first-order chi connectivity index (χ1) is 14.2. The molecule has 0 aromatic heterocycles. The molecule has 6 nitrogen and oxygen atoms in total. The summed E-state index contributed by atoms with van der Waals surface area (Å²) < 4.78 is 55.9. The van der Waals surface area contributed by atoms with Gasteiger partial charge in [0.1, 0.15) is 5.75 Å². The molecule has 2 N–H and O–H groups in total. The van der Waals surface area contributed by atoms with Crippen molar-refractivity contribution in [3.05, 3.63) is 83.4 Å². The van der Waals surface area contributed by atoms with Crippen LogP contribution in [0.5, 0.6) is 5.75 Å². The number of benzene rings is 3. The van der Waals surface area contributed by atoms with Crippen molar-refractivity contribution in [1.29, 1.82) is 0 Å². The van der Waals surface area contributed by atoms with Gasteiger partial charge < -0.3 is 10.1 Å². The van der Waals surface area contributed by atoms with E-state index in [2.05, 4.69) is 14.8 Å². The summed E-state index contributed by atoms with van der Waals surface area (Å²) in [4.78, 5) is 12.3. The molecule has 0 saturated carbocycles. The predicted octanol–water partition coefficient (Wildman–Crippen LogP) is 4.99. The number of ether oxygens (including phenoxy) is 1. The van der Waals surface area contributed by atoms with Crippen LogP contribution in [-0.2, 0) is 10.0 Å². The van der Waals surface area contributed by atoms with Gasteiger partial charge in [0.05, 0.1) is 15.6 Å². The number of sulfonamides is 1. The van der Waals surface area contributed by atoms with Crippen molar-refractivity contribution < 1.29 is 26.7 Å². The van der Waals surface area contributed by atoms with E-state index in [0.717, 1.165) is 0 Å². The lowest BCUT2D eigenvalue weighted by molar-refractivity contribution is -0.0498. The Balaban J connectivity index is 1.68. The molecule has 10 heteroatoms. The fourth-order valence-corrected chi connectivity index (χ4v) is 3.77. The Labute approximate surface area is 176 Å². The van der Waals surface area contributed by atoms with Crippen molar-refractivity contribution in [2.45, 2.75) is 11.5 Å². The predicted molar refractivity (Wildman–Crippen MR) is 110 cm³/mol. The van der Waals surface area contributed by atoms with Gasteiger partial charge in [-0.05, 0) is 60.7 Å². The first-order valence-corrected chi connectivity index (χ1v) is 10.3. The molecular weight excluding hydrogens is 438 g/mol. The molecule has 3 rings (SSSR count). The normalized spacial score (nSPS) is 11.2. The van der Waals surface area contributed by atoms with Crippen LogP contribution in [0.4, 0.5) is 20.2 Å². The van der Waals surface area contributed by atoms with Crippen LogP contribution < -0.4 is 14.8 Å². The van der Waals surface area contributed by atoms with E-state index < -0.39 is 22.5 Å². The van der Waals surface area contributed by atoms with Gasteiger partial charge in [-0.25, -0.2) is 8.42 Å². The van der Waals surface area contributed by atoms with Gasteiger partial charge in [0, 0.05) is 11.3 Å². The second-order valence-electron chi connectivity index (χ2n) is 5.97. The summed E-state index contributed by atoms with van der Waals surface area (Å²) in [6.07, 6.45) is 0. The van der Waals surface area contributed by atoms with Crippen LogP contribution in [0.1, 0.15) is 10.4 Å². The summed E-state index contributed by atoms with van der Waals surface area (Å²) in [5, 5.41) is 2.83. The average molecular weight is 453 g/mol. The zero-order valence-corrected chi connectivity index (χ0v) is 16.8. The van der Waals surface area contributed by atoms with E-state index in [0.29, 0.717) is 5.69 Å². The highest BCUT2D eigenvalue weighted by Crippen LogP contribution is 2.24. The van der Waals surface area contributed by atoms with Gasteiger partial charge in [0.15, 0.2) is 0 Å². The standard InChI is InChI=1S/C20H15ClF2N2O4S/c21-17-3-1-2-4-18(17)25-30(27,28)16-11-5-13(6-12-16)19(26)24-14-7-9-15(10-8-14)29-20(22)23/h1-12,20,25H,(H,24,26). The zero-order chi connectivity index (χ0) is 21.7. The number of para-hydroxylation sites is 1. The van der Waals surface area contributed by atoms with Gasteiger partial charge >= 0.3 is 6.61 Å². The molecule has 30 heavy (non-hydrogen) atoms. The summed E-state index contributed by atoms with van der Waals surface area (Å²) in [6.45, 7) is -2.94. The second kappa shape index (κ2) is 9.10. The van der Waals surface area contributed by atoms with Crippen molar-refractivity contribution in [2.75, 3.05) is 10.0 Å². The van der Waals surface area contributed by atoms with Crippen molar-refractivity contribution >= 4 is 38.9 Å². The lowest BCUT2D eigenvalue weighted by Gasteiger charge is -2.10. The van der Waals surface area contributed by atoms with Crippen LogP contribution in [0.25, 0.3) is 0 Å². The van der Waals surface area contributed by atoms with E-state index in [1.807, 2.05) is 0 Å². The van der Waals surface area contributed by atoms with Crippen molar-refractivity contribution in [3.63, 3.8) is 0 Å². The maximum absolute atomic E-state index is 12.5. The number of anilines is 2. The van der Waals surface area contributed by atoms with Crippen molar-refractivity contribution in [1.82, 2.24) is 0 Å². The topological polar surface area (TPSA) is 84.5 Å². The zero-order valence-electron chi connectivity index (χ0n) is 15.2. The van der Waals surface area contributed by atoms with Gasteiger partial charge in [-0.15, -0.1) is 0 Å². The fraction of sp³-hybridized carbons (Fsp3) is 0.0500. The molecule has 0 bridgehead atoms. The minimum Gasteiger partial charge on any atom is -0.435 e. The van der Waals surface area contributed by atoms with Crippen LogP contribution in [0.3, 0.4) is 0 Å². The molecule has 0 atom stereocenters. The van der Waals surface area contributed by atoms with Gasteiger partial charge in [0.2, 0.25) is 0 Å². The number of alkyl halides is 2. The highest BCUT2D eigenvalue weighted by atomic mass is 35.5. The Morgan fingerprint density at radius 3 is 2.17 bits per heavy atom. The van der Waals surface area contributed by atoms with E-state index in [9.17, 15) is 22.0 Å². The van der Waals surface area contributed by atoms with E-state index in [1.54, 1.807) is 18.2 Å². The first kappa shape index (κ1) is 21.5. The molecule has 1 amide bonds. The number of carbonyl (C=O) groups is 1. The Hall–Kier alpha value is -3.17. The molecule has 0 aliphatic heterocycles. The maximum Gasteiger partial charge on any atom is 0.387 e. The van der Waals surface area contributed by atoms with Crippen LogP contribution in [0, 0.1) is 0 Å². The molecule has 0 unspecified atom stereocenters. The number of amides is 1. The Bertz CT molecular complexity index is 1140. The van der Waals surface area contributed by atoms with Gasteiger partial charge in [0.25, 0.3) is 15.9 Å². The van der Waals surface area contributed by atoms with Gasteiger partial charge in [-0.2, -0.15) is 8.78 Å². The van der Waals surface area contributed by atoms with E-state index >= 15 is 0 Å². The number of hydrogen-bond donors (Lipinski definition) is 2. The van der Waals surface area contributed by atoms with Crippen LogP contribution >= 0.6 is 11.6 Å². The highest BCUT2D eigenvalue weighted by Gasteiger charge is 2.16. The van der Waals surface area contributed by atoms with Crippen molar-refractivity contribution in [2.24, 2.45) is 0 Å². The van der Waals surface area contributed by atoms with E-state index in [4.69, 9.17) is 11.6 Å². The summed E-state index contributed by atoms with van der Waals surface area (Å²) in [5.41, 5.74) is 0.804. The third kappa shape index (κ3) is 5.46. The van der Waals surface area contributed by atoms with Crippen LogP contribution in [-0.4, -0.2) is 20.9 Å². The molecule has 0 aliphatic rings. The number of carbonyl (C=O) groups excluding carboxylic acids is 1. The highest BCUT2D eigenvalue weighted by molar-refractivity contribution is 7.92. The molecule has 3 aromatic carbocycles. The summed E-state index contributed by atoms with van der Waals surface area (Å²) in [7, 11) is -3.89. The minimum atomic E-state index is -3.89. The number of rotatable bonds is 7. The number of hydrogen-bond acceptors (Lipinski definition) is 4. The fourth-order valence-electron chi connectivity index (χ4n) is 2.46. The average Bonchev–Trinajstić information content (AvgIpc) is 2.71.